The highest BCUT2D eigenvalue weighted by molar-refractivity contribution is 6.03. The fourth-order valence-electron chi connectivity index (χ4n) is 2.29. The van der Waals surface area contributed by atoms with Gasteiger partial charge in [0.05, 0.1) is 32.1 Å². The SMILES string of the molecule is CCOc1ccc(/C=C/C(=O)Nc2ccc(C(=O)OC)cc2O)cc1OC. The van der Waals surface area contributed by atoms with Gasteiger partial charge in [-0.15, -0.1) is 0 Å². The van der Waals surface area contributed by atoms with E-state index >= 15 is 0 Å². The Morgan fingerprint density at radius 3 is 2.52 bits per heavy atom. The van der Waals surface area contributed by atoms with Crippen molar-refractivity contribution < 1.29 is 28.9 Å². The first kappa shape index (κ1) is 19.8. The molecule has 2 rings (SSSR count). The molecule has 0 aliphatic carbocycles. The van der Waals surface area contributed by atoms with Crippen LogP contribution in [0.3, 0.4) is 0 Å². The lowest BCUT2D eigenvalue weighted by atomic mass is 10.1. The highest BCUT2D eigenvalue weighted by Gasteiger charge is 2.10. The molecule has 7 nitrogen and oxygen atoms in total. The Bertz CT molecular complexity index is 860. The maximum absolute atomic E-state index is 12.1. The number of nitrogens with one attached hydrogen (secondary N) is 1. The van der Waals surface area contributed by atoms with Crippen molar-refractivity contribution in [1.82, 2.24) is 0 Å². The van der Waals surface area contributed by atoms with Crippen LogP contribution in [0.15, 0.2) is 42.5 Å². The molecule has 0 aliphatic rings. The summed E-state index contributed by atoms with van der Waals surface area (Å²) in [6, 6.07) is 9.40. The van der Waals surface area contributed by atoms with Crippen LogP contribution in [-0.2, 0) is 9.53 Å². The number of methoxy groups -OCH3 is 2. The van der Waals surface area contributed by atoms with E-state index in [0.717, 1.165) is 5.56 Å². The molecular formula is C20H21NO6. The van der Waals surface area contributed by atoms with Crippen molar-refractivity contribution in [1.29, 1.82) is 0 Å². The first-order valence-corrected chi connectivity index (χ1v) is 8.19. The van der Waals surface area contributed by atoms with Gasteiger partial charge in [-0.05, 0) is 48.9 Å². The standard InChI is InChI=1S/C20H21NO6/c1-4-27-17-9-5-13(11-18(17)25-2)6-10-19(23)21-15-8-7-14(12-16(15)22)20(24)26-3/h5-12,22H,4H2,1-3H3,(H,21,23)/b10-6+. The Hall–Kier alpha value is -3.48. The molecule has 7 heteroatoms. The summed E-state index contributed by atoms with van der Waals surface area (Å²) in [5.41, 5.74) is 1.11. The largest absolute Gasteiger partial charge is 0.506 e. The maximum atomic E-state index is 12.1. The van der Waals surface area contributed by atoms with Crippen molar-refractivity contribution in [3.05, 3.63) is 53.6 Å². The molecule has 2 N–H and O–H groups in total. The molecule has 0 saturated heterocycles. The van der Waals surface area contributed by atoms with E-state index in [4.69, 9.17) is 9.47 Å². The minimum atomic E-state index is -0.576. The number of ether oxygens (including phenoxy) is 3. The van der Waals surface area contributed by atoms with Crippen LogP contribution in [0.5, 0.6) is 17.2 Å². The average Bonchev–Trinajstić information content (AvgIpc) is 2.68. The van der Waals surface area contributed by atoms with E-state index in [1.807, 2.05) is 6.92 Å². The predicted octanol–water partition coefficient (Wildman–Crippen LogP) is 3.24. The van der Waals surface area contributed by atoms with Crippen molar-refractivity contribution in [2.75, 3.05) is 26.1 Å². The third kappa shape index (κ3) is 5.24. The zero-order valence-electron chi connectivity index (χ0n) is 15.3. The average molecular weight is 371 g/mol. The number of anilines is 1. The first-order chi connectivity index (χ1) is 13.0. The van der Waals surface area contributed by atoms with Crippen LogP contribution >= 0.6 is 0 Å². The zero-order chi connectivity index (χ0) is 19.8. The molecule has 0 radical (unpaired) electrons. The molecule has 0 saturated carbocycles. The third-order valence-electron chi connectivity index (χ3n) is 3.59. The van der Waals surface area contributed by atoms with Gasteiger partial charge < -0.3 is 24.6 Å². The maximum Gasteiger partial charge on any atom is 0.337 e. The van der Waals surface area contributed by atoms with Gasteiger partial charge in [0, 0.05) is 6.08 Å². The summed E-state index contributed by atoms with van der Waals surface area (Å²) in [6.45, 7) is 2.40. The van der Waals surface area contributed by atoms with Crippen molar-refractivity contribution in [3.8, 4) is 17.2 Å². The monoisotopic (exact) mass is 371 g/mol. The van der Waals surface area contributed by atoms with E-state index in [9.17, 15) is 14.7 Å². The molecule has 142 valence electrons. The number of amides is 1. The van der Waals surface area contributed by atoms with Crippen molar-refractivity contribution in [2.24, 2.45) is 0 Å². The summed E-state index contributed by atoms with van der Waals surface area (Å²) in [4.78, 5) is 23.5. The van der Waals surface area contributed by atoms with Crippen LogP contribution in [0.1, 0.15) is 22.8 Å². The zero-order valence-corrected chi connectivity index (χ0v) is 15.3. The number of benzene rings is 2. The van der Waals surface area contributed by atoms with Gasteiger partial charge in [0.15, 0.2) is 11.5 Å². The highest BCUT2D eigenvalue weighted by atomic mass is 16.5. The van der Waals surface area contributed by atoms with Crippen molar-refractivity contribution in [2.45, 2.75) is 6.92 Å². The molecule has 27 heavy (non-hydrogen) atoms. The van der Waals surface area contributed by atoms with Crippen molar-refractivity contribution >= 4 is 23.6 Å². The van der Waals surface area contributed by atoms with Gasteiger partial charge in [0.1, 0.15) is 5.75 Å². The van der Waals surface area contributed by atoms with E-state index in [0.29, 0.717) is 18.1 Å². The normalized spacial score (nSPS) is 10.5. The molecule has 0 aromatic heterocycles. The second-order valence-electron chi connectivity index (χ2n) is 5.39. The second-order valence-corrected chi connectivity index (χ2v) is 5.39. The van der Waals surface area contributed by atoms with Crippen LogP contribution in [0.4, 0.5) is 5.69 Å². The van der Waals surface area contributed by atoms with Crippen molar-refractivity contribution in [3.63, 3.8) is 0 Å². The molecule has 2 aromatic carbocycles. The number of carbonyl (C=O) groups excluding carboxylic acids is 2. The van der Waals surface area contributed by atoms with Gasteiger partial charge in [0.2, 0.25) is 5.91 Å². The Labute approximate surface area is 157 Å². The van der Waals surface area contributed by atoms with Crippen LogP contribution in [0.2, 0.25) is 0 Å². The molecule has 0 bridgehead atoms. The van der Waals surface area contributed by atoms with Crippen LogP contribution < -0.4 is 14.8 Å². The van der Waals surface area contributed by atoms with Gasteiger partial charge in [-0.3, -0.25) is 4.79 Å². The van der Waals surface area contributed by atoms with Gasteiger partial charge in [-0.2, -0.15) is 0 Å². The van der Waals surface area contributed by atoms with Crippen LogP contribution in [0, 0.1) is 0 Å². The quantitative estimate of drug-likeness (QED) is 0.441. The molecule has 0 fully saturated rings. The number of hydrogen-bond donors (Lipinski definition) is 2. The molecular weight excluding hydrogens is 350 g/mol. The van der Waals surface area contributed by atoms with Gasteiger partial charge >= 0.3 is 5.97 Å². The fraction of sp³-hybridized carbons (Fsp3) is 0.200. The smallest absolute Gasteiger partial charge is 0.337 e. The topological polar surface area (TPSA) is 94.1 Å². The summed E-state index contributed by atoms with van der Waals surface area (Å²) in [7, 11) is 2.79. The molecule has 0 spiro atoms. The number of hydrogen-bond acceptors (Lipinski definition) is 6. The van der Waals surface area contributed by atoms with E-state index in [2.05, 4.69) is 10.1 Å². The predicted molar refractivity (Wildman–Crippen MR) is 101 cm³/mol. The minimum Gasteiger partial charge on any atom is -0.506 e. The molecule has 1 amide bonds. The Balaban J connectivity index is 2.08. The lowest BCUT2D eigenvalue weighted by molar-refractivity contribution is -0.111. The first-order valence-electron chi connectivity index (χ1n) is 8.19. The van der Waals surface area contributed by atoms with Crippen LogP contribution in [0.25, 0.3) is 6.08 Å². The molecule has 0 aliphatic heterocycles. The Kier molecular flexibility index (Phi) is 6.82. The fourth-order valence-corrected chi connectivity index (χ4v) is 2.29. The molecule has 2 aromatic rings. The van der Waals surface area contributed by atoms with Gasteiger partial charge in [-0.25, -0.2) is 4.79 Å². The van der Waals surface area contributed by atoms with Crippen LogP contribution in [-0.4, -0.2) is 37.8 Å². The molecule has 0 heterocycles. The summed E-state index contributed by atoms with van der Waals surface area (Å²) in [5, 5.41) is 12.5. The second kappa shape index (κ2) is 9.28. The number of rotatable bonds is 7. The van der Waals surface area contributed by atoms with E-state index in [1.54, 1.807) is 31.4 Å². The van der Waals surface area contributed by atoms with Gasteiger partial charge in [-0.1, -0.05) is 6.07 Å². The number of carbonyl (C=O) groups is 2. The van der Waals surface area contributed by atoms with E-state index in [1.165, 1.54) is 31.4 Å². The minimum absolute atomic E-state index is 0.182. The van der Waals surface area contributed by atoms with E-state index in [-0.39, 0.29) is 17.0 Å². The summed E-state index contributed by atoms with van der Waals surface area (Å²) in [6.07, 6.45) is 2.93. The molecule has 0 atom stereocenters. The summed E-state index contributed by atoms with van der Waals surface area (Å²) >= 11 is 0. The summed E-state index contributed by atoms with van der Waals surface area (Å²) < 4.78 is 15.3. The van der Waals surface area contributed by atoms with Gasteiger partial charge in [0.25, 0.3) is 0 Å². The van der Waals surface area contributed by atoms with E-state index < -0.39 is 11.9 Å². The molecule has 0 unspecified atom stereocenters. The Morgan fingerprint density at radius 1 is 1.11 bits per heavy atom. The summed E-state index contributed by atoms with van der Waals surface area (Å²) in [5.74, 6) is -0.0634. The number of phenolic OH excluding ortho intramolecular Hbond substituents is 1. The lowest BCUT2D eigenvalue weighted by Gasteiger charge is -2.09. The highest BCUT2D eigenvalue weighted by Crippen LogP contribution is 2.28. The lowest BCUT2D eigenvalue weighted by Crippen LogP contribution is -2.08. The third-order valence-corrected chi connectivity index (χ3v) is 3.59. The number of aromatic hydroxyl groups is 1. The Morgan fingerprint density at radius 2 is 1.89 bits per heavy atom. The number of esters is 1. The number of phenols is 1.